The maximum Gasteiger partial charge on any atom is 0.410 e. The Hall–Kier alpha value is -2.03. The number of aliphatic imine (C=N–C) groups is 1. The van der Waals surface area contributed by atoms with E-state index in [4.69, 9.17) is 4.74 Å². The summed E-state index contributed by atoms with van der Waals surface area (Å²) in [6, 6.07) is 0. The smallest absolute Gasteiger partial charge is 0.410 e. The molecule has 1 N–H and O–H groups in total. The molecule has 1 unspecified atom stereocenters. The normalized spacial score (nSPS) is 19.4. The predicted octanol–water partition coefficient (Wildman–Crippen LogP) is 1.30. The molecule has 178 valence electrons. The zero-order chi connectivity index (χ0) is 23.0. The number of carbonyl (C=O) groups excluding carboxylic acids is 2. The molecule has 2 amide bonds. The average Bonchev–Trinajstić information content (AvgIpc) is 3.23. The van der Waals surface area contributed by atoms with Crippen molar-refractivity contribution in [3.8, 4) is 0 Å². The quantitative estimate of drug-likeness (QED) is 0.497. The third-order valence-electron chi connectivity index (χ3n) is 5.60. The Kier molecular flexibility index (Phi) is 9.40. The Bertz CT molecular complexity index is 619. The summed E-state index contributed by atoms with van der Waals surface area (Å²) in [5.74, 6) is 1.38. The van der Waals surface area contributed by atoms with Crippen molar-refractivity contribution in [2.24, 2.45) is 10.9 Å². The van der Waals surface area contributed by atoms with Crippen molar-refractivity contribution in [3.05, 3.63) is 0 Å². The largest absolute Gasteiger partial charge is 0.444 e. The maximum absolute atomic E-state index is 12.4. The first-order chi connectivity index (χ1) is 14.6. The molecule has 9 heteroatoms. The Morgan fingerprint density at radius 3 is 2.23 bits per heavy atom. The number of nitrogens with zero attached hydrogens (tertiary/aromatic N) is 5. The lowest BCUT2D eigenvalue weighted by Crippen LogP contribution is -2.54. The van der Waals surface area contributed by atoms with Crippen LogP contribution in [0.4, 0.5) is 4.79 Å². The number of piperazine rings is 1. The van der Waals surface area contributed by atoms with Gasteiger partial charge in [0, 0.05) is 66.5 Å². The van der Waals surface area contributed by atoms with Crippen LogP contribution in [0.2, 0.25) is 0 Å². The summed E-state index contributed by atoms with van der Waals surface area (Å²) in [4.78, 5) is 37.0. The van der Waals surface area contributed by atoms with Crippen LogP contribution in [0.3, 0.4) is 0 Å². The molecule has 0 bridgehead atoms. The number of ether oxygens (including phenoxy) is 1. The molecule has 2 saturated heterocycles. The number of hydrogen-bond donors (Lipinski definition) is 1. The number of rotatable bonds is 6. The molecule has 9 nitrogen and oxygen atoms in total. The number of hydrogen-bond acceptors (Lipinski definition) is 5. The van der Waals surface area contributed by atoms with Gasteiger partial charge in [0.2, 0.25) is 5.91 Å². The molecule has 1 atom stereocenters. The summed E-state index contributed by atoms with van der Waals surface area (Å²) in [5.41, 5.74) is -0.490. The molecule has 2 rings (SSSR count). The van der Waals surface area contributed by atoms with Crippen molar-refractivity contribution in [2.45, 2.75) is 46.1 Å². The molecule has 0 saturated carbocycles. The van der Waals surface area contributed by atoms with E-state index in [1.165, 1.54) is 0 Å². The maximum atomic E-state index is 12.4. The minimum atomic E-state index is -0.490. The second-order valence-corrected chi connectivity index (χ2v) is 9.75. The molecule has 2 fully saturated rings. The topological polar surface area (TPSA) is 80.7 Å². The molecule has 0 aliphatic carbocycles. The summed E-state index contributed by atoms with van der Waals surface area (Å²) >= 11 is 0. The fraction of sp³-hybridized carbons (Fsp3) is 0.864. The van der Waals surface area contributed by atoms with Crippen molar-refractivity contribution in [1.82, 2.24) is 24.9 Å². The number of nitrogens with one attached hydrogen (secondary N) is 1. The molecular weight excluding hydrogens is 396 g/mol. The highest BCUT2D eigenvalue weighted by Crippen LogP contribution is 2.11. The number of likely N-dealkylation sites (tertiary alicyclic amines) is 1. The molecule has 2 aliphatic rings. The first kappa shape index (κ1) is 25.2. The van der Waals surface area contributed by atoms with Gasteiger partial charge in [0.05, 0.1) is 6.54 Å². The minimum Gasteiger partial charge on any atom is -0.444 e. The molecular formula is C22H42N6O3. The standard InChI is InChI=1S/C22H42N6O3/c1-18(16-25(6)21(30)31-22(2,3)4)15-24-20(23-5)28-13-11-26(12-14-28)17-19(29)27-9-7-8-10-27/h18H,7-17H2,1-6H3,(H,23,24). The lowest BCUT2D eigenvalue weighted by atomic mass is 10.1. The van der Waals surface area contributed by atoms with Crippen LogP contribution in [0.1, 0.15) is 40.5 Å². The highest BCUT2D eigenvalue weighted by Gasteiger charge is 2.25. The predicted molar refractivity (Wildman–Crippen MR) is 123 cm³/mol. The van der Waals surface area contributed by atoms with Crippen LogP contribution in [0.5, 0.6) is 0 Å². The fourth-order valence-electron chi connectivity index (χ4n) is 3.92. The van der Waals surface area contributed by atoms with E-state index in [0.29, 0.717) is 19.6 Å². The summed E-state index contributed by atoms with van der Waals surface area (Å²) in [7, 11) is 3.56. The zero-order valence-corrected chi connectivity index (χ0v) is 20.3. The lowest BCUT2D eigenvalue weighted by molar-refractivity contribution is -0.131. The molecule has 0 aromatic rings. The van der Waals surface area contributed by atoms with E-state index in [-0.39, 0.29) is 17.9 Å². The second kappa shape index (κ2) is 11.5. The first-order valence-electron chi connectivity index (χ1n) is 11.5. The number of amides is 2. The van der Waals surface area contributed by atoms with Crippen molar-refractivity contribution in [2.75, 3.05) is 73.0 Å². The molecule has 0 aromatic carbocycles. The van der Waals surface area contributed by atoms with Crippen LogP contribution in [-0.2, 0) is 9.53 Å². The SMILES string of the molecule is CN=C(NCC(C)CN(C)C(=O)OC(C)(C)C)N1CCN(CC(=O)N2CCCC2)CC1. The fourth-order valence-corrected chi connectivity index (χ4v) is 3.92. The number of carbonyl (C=O) groups is 2. The molecule has 31 heavy (non-hydrogen) atoms. The summed E-state index contributed by atoms with van der Waals surface area (Å²) in [6.07, 6.45) is 1.96. The van der Waals surface area contributed by atoms with Crippen molar-refractivity contribution >= 4 is 18.0 Å². The number of guanidine groups is 1. The van der Waals surface area contributed by atoms with E-state index in [0.717, 1.165) is 58.1 Å². The average molecular weight is 439 g/mol. The van der Waals surface area contributed by atoms with Gasteiger partial charge in [0.25, 0.3) is 0 Å². The molecule has 2 aliphatic heterocycles. The minimum absolute atomic E-state index is 0.244. The van der Waals surface area contributed by atoms with Crippen molar-refractivity contribution in [1.29, 1.82) is 0 Å². The van der Waals surface area contributed by atoms with E-state index in [1.54, 1.807) is 19.0 Å². The third-order valence-corrected chi connectivity index (χ3v) is 5.60. The summed E-state index contributed by atoms with van der Waals surface area (Å²) in [6.45, 7) is 14.8. The Morgan fingerprint density at radius 1 is 1.06 bits per heavy atom. The molecule has 0 spiro atoms. The van der Waals surface area contributed by atoms with Gasteiger partial charge in [-0.15, -0.1) is 0 Å². The third kappa shape index (κ3) is 8.55. The van der Waals surface area contributed by atoms with Crippen LogP contribution >= 0.6 is 0 Å². The van der Waals surface area contributed by atoms with E-state index in [1.807, 2.05) is 25.7 Å². The summed E-state index contributed by atoms with van der Waals surface area (Å²) < 4.78 is 5.42. The van der Waals surface area contributed by atoms with Gasteiger partial charge in [-0.25, -0.2) is 4.79 Å². The Balaban J connectivity index is 1.71. The van der Waals surface area contributed by atoms with Crippen molar-refractivity contribution < 1.29 is 14.3 Å². The van der Waals surface area contributed by atoms with E-state index >= 15 is 0 Å². The Morgan fingerprint density at radius 2 is 1.68 bits per heavy atom. The Labute approximate surface area is 187 Å². The van der Waals surface area contributed by atoms with Gasteiger partial charge in [-0.05, 0) is 39.5 Å². The van der Waals surface area contributed by atoms with Gasteiger partial charge in [0.1, 0.15) is 5.60 Å². The lowest BCUT2D eigenvalue weighted by Gasteiger charge is -2.37. The second-order valence-electron chi connectivity index (χ2n) is 9.75. The molecule has 2 heterocycles. The van der Waals surface area contributed by atoms with Crippen LogP contribution in [0.15, 0.2) is 4.99 Å². The van der Waals surface area contributed by atoms with Gasteiger partial charge in [-0.2, -0.15) is 0 Å². The van der Waals surface area contributed by atoms with Gasteiger partial charge >= 0.3 is 6.09 Å². The van der Waals surface area contributed by atoms with Gasteiger partial charge in [-0.3, -0.25) is 14.7 Å². The van der Waals surface area contributed by atoms with E-state index in [9.17, 15) is 9.59 Å². The van der Waals surface area contributed by atoms with Gasteiger partial charge in [-0.1, -0.05) is 6.92 Å². The first-order valence-corrected chi connectivity index (χ1v) is 11.5. The van der Waals surface area contributed by atoms with Gasteiger partial charge < -0.3 is 24.8 Å². The van der Waals surface area contributed by atoms with E-state index in [2.05, 4.69) is 27.0 Å². The summed E-state index contributed by atoms with van der Waals surface area (Å²) in [5, 5.41) is 3.44. The molecule has 0 aromatic heterocycles. The van der Waals surface area contributed by atoms with Crippen LogP contribution in [0, 0.1) is 5.92 Å². The molecule has 0 radical (unpaired) electrons. The van der Waals surface area contributed by atoms with Gasteiger partial charge in [0.15, 0.2) is 5.96 Å². The monoisotopic (exact) mass is 438 g/mol. The van der Waals surface area contributed by atoms with E-state index < -0.39 is 5.60 Å². The zero-order valence-electron chi connectivity index (χ0n) is 20.3. The van der Waals surface area contributed by atoms with Crippen molar-refractivity contribution in [3.63, 3.8) is 0 Å². The van der Waals surface area contributed by atoms with Crippen LogP contribution in [-0.4, -0.2) is 116 Å². The van der Waals surface area contributed by atoms with Crippen LogP contribution in [0.25, 0.3) is 0 Å². The highest BCUT2D eigenvalue weighted by atomic mass is 16.6. The highest BCUT2D eigenvalue weighted by molar-refractivity contribution is 5.80. The van der Waals surface area contributed by atoms with Crippen LogP contribution < -0.4 is 5.32 Å².